The molecule has 2 aromatic carbocycles. The molecule has 0 aromatic heterocycles. The molecule has 0 radical (unpaired) electrons. The highest BCUT2D eigenvalue weighted by atomic mass is 16.6. The average molecular weight is 551 g/mol. The number of aliphatic hydroxyl groups is 2. The number of carboxylic acids is 1. The molecule has 1 saturated heterocycles. The fraction of sp³-hybridized carbons (Fsp3) is 0.414. The number of aliphatic carboxylic acids is 1. The number of phenolic OH excluding ortho intramolecular Hbond substituents is 1. The molecule has 6 rings (SSSR count). The van der Waals surface area contributed by atoms with E-state index in [0.29, 0.717) is 19.4 Å². The second-order valence-electron chi connectivity index (χ2n) is 11.0. The number of esters is 1. The molecule has 2 heterocycles. The van der Waals surface area contributed by atoms with E-state index in [-0.39, 0.29) is 35.3 Å². The molecule has 2 aliphatic carbocycles. The van der Waals surface area contributed by atoms with Crippen molar-refractivity contribution in [3.05, 3.63) is 71.0 Å². The fourth-order valence-corrected chi connectivity index (χ4v) is 7.01. The Bertz CT molecular complexity index is 1430. The quantitative estimate of drug-likeness (QED) is 0.313. The summed E-state index contributed by atoms with van der Waals surface area (Å²) in [7, 11) is 1.96. The number of nitrogens with zero attached hydrogens (tertiary/aromatic N) is 1. The number of benzene rings is 2. The van der Waals surface area contributed by atoms with Crippen LogP contribution in [-0.2, 0) is 31.0 Å². The van der Waals surface area contributed by atoms with Crippen LogP contribution in [0, 0.1) is 0 Å². The van der Waals surface area contributed by atoms with Crippen LogP contribution in [0.1, 0.15) is 42.1 Å². The van der Waals surface area contributed by atoms with Gasteiger partial charge >= 0.3 is 11.9 Å². The molecule has 5 N–H and O–H groups in total. The molecule has 0 unspecified atom stereocenters. The molecule has 40 heavy (non-hydrogen) atoms. The Morgan fingerprint density at radius 2 is 1.95 bits per heavy atom. The van der Waals surface area contributed by atoms with Crippen molar-refractivity contribution in [2.45, 2.75) is 61.0 Å². The second-order valence-corrected chi connectivity index (χ2v) is 11.0. The van der Waals surface area contributed by atoms with Crippen molar-refractivity contribution in [3.63, 3.8) is 0 Å². The minimum Gasteiger partial charge on any atom is -0.504 e. The van der Waals surface area contributed by atoms with Crippen molar-refractivity contribution >= 4 is 17.8 Å². The Kier molecular flexibility index (Phi) is 6.13. The molecule has 1 spiro atoms. The van der Waals surface area contributed by atoms with Gasteiger partial charge in [0.05, 0.1) is 17.4 Å². The van der Waals surface area contributed by atoms with Crippen LogP contribution >= 0.6 is 0 Å². The maximum atomic E-state index is 13.0. The zero-order valence-corrected chi connectivity index (χ0v) is 21.7. The highest BCUT2D eigenvalue weighted by Gasteiger charge is 2.72. The average Bonchev–Trinajstić information content (AvgIpc) is 3.29. The van der Waals surface area contributed by atoms with Gasteiger partial charge in [0, 0.05) is 18.0 Å². The number of rotatable bonds is 7. The van der Waals surface area contributed by atoms with Crippen LogP contribution in [0.5, 0.6) is 11.5 Å². The predicted octanol–water partition coefficient (Wildman–Crippen LogP) is 0.906. The SMILES string of the molecule is CN1CC[C@]23c4c5ccc(O)c4O[C@H]2C(OC(=O)C[C@H](NC(=O)[C@@H](O)c2ccccc2)C(=O)O)=CC[C@@]3(O)[C@H]1C5. The van der Waals surface area contributed by atoms with Gasteiger partial charge in [-0.25, -0.2) is 4.79 Å². The molecule has 1 fully saturated rings. The molecule has 11 heteroatoms. The summed E-state index contributed by atoms with van der Waals surface area (Å²) in [6.45, 7) is 0.652. The lowest BCUT2D eigenvalue weighted by Crippen LogP contribution is -2.74. The van der Waals surface area contributed by atoms with Gasteiger partial charge in [-0.3, -0.25) is 9.59 Å². The molecule has 6 atom stereocenters. The molecule has 2 bridgehead atoms. The molecule has 11 nitrogen and oxygen atoms in total. The summed E-state index contributed by atoms with van der Waals surface area (Å²) in [5, 5.41) is 45.0. The Balaban J connectivity index is 1.24. The number of carbonyl (C=O) groups is 3. The van der Waals surface area contributed by atoms with Gasteiger partial charge < -0.3 is 40.1 Å². The molecule has 2 aromatic rings. The first-order valence-electron chi connectivity index (χ1n) is 13.2. The van der Waals surface area contributed by atoms with Crippen molar-refractivity contribution in [3.8, 4) is 11.5 Å². The molecular weight excluding hydrogens is 520 g/mol. The van der Waals surface area contributed by atoms with Crippen molar-refractivity contribution in [1.82, 2.24) is 10.2 Å². The van der Waals surface area contributed by atoms with Gasteiger partial charge in [-0.1, -0.05) is 36.4 Å². The largest absolute Gasteiger partial charge is 0.504 e. The minimum absolute atomic E-state index is 0.0708. The number of aliphatic hydroxyl groups excluding tert-OH is 1. The fourth-order valence-electron chi connectivity index (χ4n) is 7.01. The van der Waals surface area contributed by atoms with Crippen LogP contribution in [-0.4, -0.2) is 80.6 Å². The number of ether oxygens (including phenoxy) is 2. The first-order valence-corrected chi connectivity index (χ1v) is 13.2. The van der Waals surface area contributed by atoms with E-state index >= 15 is 0 Å². The van der Waals surface area contributed by atoms with Crippen LogP contribution in [0.2, 0.25) is 0 Å². The first kappa shape index (κ1) is 26.3. The van der Waals surface area contributed by atoms with Crippen molar-refractivity contribution in [2.24, 2.45) is 0 Å². The summed E-state index contributed by atoms with van der Waals surface area (Å²) in [6, 6.07) is 9.52. The predicted molar refractivity (Wildman–Crippen MR) is 138 cm³/mol. The molecular formula is C29H30N2O9. The van der Waals surface area contributed by atoms with Crippen molar-refractivity contribution < 1.29 is 44.3 Å². The first-order chi connectivity index (χ1) is 19.1. The summed E-state index contributed by atoms with van der Waals surface area (Å²) in [5.74, 6) is -3.05. The lowest BCUT2D eigenvalue weighted by molar-refractivity contribution is -0.169. The monoisotopic (exact) mass is 550 g/mol. The number of hydrogen-bond donors (Lipinski definition) is 5. The number of hydrogen-bond acceptors (Lipinski definition) is 9. The summed E-state index contributed by atoms with van der Waals surface area (Å²) in [4.78, 5) is 39.6. The molecule has 0 saturated carbocycles. The van der Waals surface area contributed by atoms with Crippen LogP contribution < -0.4 is 10.1 Å². The minimum atomic E-state index is -1.66. The van der Waals surface area contributed by atoms with Crippen molar-refractivity contribution in [2.75, 3.05) is 13.6 Å². The number of carboxylic acid groups (broad SMARTS) is 1. The number of carbonyl (C=O) groups excluding carboxylic acids is 2. The van der Waals surface area contributed by atoms with Gasteiger partial charge in [0.2, 0.25) is 0 Å². The number of likely N-dealkylation sites (N-methyl/N-ethyl adjacent to an activating group) is 1. The van der Waals surface area contributed by atoms with E-state index in [4.69, 9.17) is 9.47 Å². The molecule has 2 aliphatic heterocycles. The third-order valence-corrected chi connectivity index (χ3v) is 8.93. The van der Waals surface area contributed by atoms with Crippen LogP contribution in [0.25, 0.3) is 0 Å². The maximum absolute atomic E-state index is 13.0. The lowest BCUT2D eigenvalue weighted by atomic mass is 9.50. The number of amides is 1. The van der Waals surface area contributed by atoms with Gasteiger partial charge in [0.25, 0.3) is 5.91 Å². The summed E-state index contributed by atoms with van der Waals surface area (Å²) < 4.78 is 11.9. The Morgan fingerprint density at radius 1 is 1.20 bits per heavy atom. The van der Waals surface area contributed by atoms with Gasteiger partial charge in [0.1, 0.15) is 11.8 Å². The number of piperidine rings is 1. The zero-order valence-electron chi connectivity index (χ0n) is 21.7. The Labute approximate surface area is 229 Å². The van der Waals surface area contributed by atoms with Gasteiger partial charge in [-0.2, -0.15) is 0 Å². The van der Waals surface area contributed by atoms with Gasteiger partial charge in [-0.05, 0) is 49.7 Å². The van der Waals surface area contributed by atoms with Crippen LogP contribution in [0.15, 0.2) is 54.3 Å². The molecule has 4 aliphatic rings. The number of likely N-dealkylation sites (tertiary alicyclic amines) is 1. The van der Waals surface area contributed by atoms with Gasteiger partial charge in [0.15, 0.2) is 23.7 Å². The zero-order chi connectivity index (χ0) is 28.4. The third-order valence-electron chi connectivity index (χ3n) is 8.93. The smallest absolute Gasteiger partial charge is 0.326 e. The lowest BCUT2D eigenvalue weighted by Gasteiger charge is -2.61. The van der Waals surface area contributed by atoms with E-state index in [0.717, 1.165) is 11.1 Å². The van der Waals surface area contributed by atoms with E-state index < -0.39 is 53.5 Å². The van der Waals surface area contributed by atoms with Crippen molar-refractivity contribution in [1.29, 1.82) is 0 Å². The molecule has 1 amide bonds. The highest BCUT2D eigenvalue weighted by Crippen LogP contribution is 2.65. The summed E-state index contributed by atoms with van der Waals surface area (Å²) >= 11 is 0. The van der Waals surface area contributed by atoms with Crippen LogP contribution in [0.3, 0.4) is 0 Å². The second kappa shape index (κ2) is 9.33. The number of phenols is 1. The normalized spacial score (nSPS) is 29.3. The standard InChI is InChI=1S/C29H30N2O9/c1-31-12-11-28-22-16-7-8-18(32)24(22)40-25(28)19(9-10-29(28,38)20(31)13-16)39-21(33)14-17(27(36)37)30-26(35)23(34)15-5-3-2-4-6-15/h2-9,17,20,23,25,32,34,38H,10-14H2,1H3,(H,30,35)(H,36,37)/t17-,20+,23-,25-,28-,29+/m0/s1. The highest BCUT2D eigenvalue weighted by molar-refractivity contribution is 5.89. The number of aromatic hydroxyl groups is 1. The van der Waals surface area contributed by atoms with E-state index in [9.17, 15) is 34.8 Å². The van der Waals surface area contributed by atoms with E-state index in [1.165, 1.54) is 12.1 Å². The molecule has 210 valence electrons. The maximum Gasteiger partial charge on any atom is 0.326 e. The summed E-state index contributed by atoms with van der Waals surface area (Å²) in [6.07, 6.45) is -0.413. The topological polar surface area (TPSA) is 166 Å². The van der Waals surface area contributed by atoms with Crippen LogP contribution in [0.4, 0.5) is 0 Å². The van der Waals surface area contributed by atoms with E-state index in [1.54, 1.807) is 30.3 Å². The number of nitrogens with one attached hydrogen (secondary N) is 1. The van der Waals surface area contributed by atoms with E-state index in [2.05, 4.69) is 10.2 Å². The Hall–Kier alpha value is -3.93. The Morgan fingerprint density at radius 3 is 2.67 bits per heavy atom. The third kappa shape index (κ3) is 3.72. The summed E-state index contributed by atoms with van der Waals surface area (Å²) in [5.41, 5.74) is -0.240. The van der Waals surface area contributed by atoms with E-state index in [1.807, 2.05) is 13.1 Å². The van der Waals surface area contributed by atoms with Gasteiger partial charge in [-0.15, -0.1) is 0 Å².